The Morgan fingerprint density at radius 2 is 2.39 bits per heavy atom. The molecule has 0 aromatic heterocycles. The fourth-order valence-electron chi connectivity index (χ4n) is 1.85. The minimum absolute atomic E-state index is 0.103. The van der Waals surface area contributed by atoms with Crippen LogP contribution in [0.4, 0.5) is 0 Å². The molecule has 1 rings (SSSR count). The molecule has 1 atom stereocenters. The quantitative estimate of drug-likeness (QED) is 0.443. The van der Waals surface area contributed by atoms with E-state index in [-0.39, 0.29) is 5.92 Å². The smallest absolute Gasteiger partial charge is 0.137 e. The van der Waals surface area contributed by atoms with Crippen molar-refractivity contribution in [1.82, 2.24) is 15.5 Å². The first kappa shape index (κ1) is 14.1. The second-order valence-corrected chi connectivity index (χ2v) is 4.16. The number of nitrogens with one attached hydrogen (secondary N) is 2. The molecule has 0 saturated carbocycles. The summed E-state index contributed by atoms with van der Waals surface area (Å²) in [5.74, 6) is 0.646. The van der Waals surface area contributed by atoms with E-state index in [4.69, 9.17) is 15.6 Å². The molecule has 0 spiro atoms. The molecule has 6 nitrogen and oxygen atoms in total. The third-order valence-corrected chi connectivity index (χ3v) is 2.89. The zero-order valence-corrected chi connectivity index (χ0v) is 10.4. The normalized spacial score (nSPS) is 18.1. The van der Waals surface area contributed by atoms with Crippen LogP contribution in [0.15, 0.2) is 12.1 Å². The van der Waals surface area contributed by atoms with Gasteiger partial charge >= 0.3 is 0 Å². The summed E-state index contributed by atoms with van der Waals surface area (Å²) in [7, 11) is 0. The molecule has 1 saturated heterocycles. The Morgan fingerprint density at radius 3 is 3.06 bits per heavy atom. The van der Waals surface area contributed by atoms with Gasteiger partial charge in [0.2, 0.25) is 0 Å². The maximum atomic E-state index is 8.96. The number of aliphatic hydroxyl groups excluding tert-OH is 1. The van der Waals surface area contributed by atoms with Crippen LogP contribution in [-0.4, -0.2) is 42.7 Å². The van der Waals surface area contributed by atoms with Crippen LogP contribution in [-0.2, 0) is 0 Å². The van der Waals surface area contributed by atoms with Crippen molar-refractivity contribution in [1.29, 1.82) is 10.5 Å². The zero-order valence-electron chi connectivity index (χ0n) is 10.4. The Labute approximate surface area is 107 Å². The Bertz CT molecular complexity index is 354. The second kappa shape index (κ2) is 8.21. The predicted octanol–water partition coefficient (Wildman–Crippen LogP) is 0.282. The topological polar surface area (TPSA) is 95.1 Å². The molecule has 0 bridgehead atoms. The molecule has 1 aliphatic rings. The molecule has 6 heteroatoms. The Kier molecular flexibility index (Phi) is 6.45. The van der Waals surface area contributed by atoms with E-state index in [1.54, 1.807) is 0 Å². The number of rotatable bonds is 7. The van der Waals surface area contributed by atoms with E-state index in [0.717, 1.165) is 38.3 Å². The highest BCUT2D eigenvalue weighted by Gasteiger charge is 2.15. The summed E-state index contributed by atoms with van der Waals surface area (Å²) in [6.07, 6.45) is 2.12. The van der Waals surface area contributed by atoms with Crippen molar-refractivity contribution in [3.05, 3.63) is 12.1 Å². The van der Waals surface area contributed by atoms with Crippen LogP contribution < -0.4 is 10.6 Å². The standard InChI is InChI=1S/C12H19N5O/c13-3-1-2-11(8-14)9-15-4-6-17-7-5-16-12(17)10-18/h10-11,15-16,18H,1-2,4-7,9H2/b12-10-. The number of hydrogen-bond donors (Lipinski definition) is 3. The van der Waals surface area contributed by atoms with Crippen LogP contribution in [0, 0.1) is 28.6 Å². The summed E-state index contributed by atoms with van der Waals surface area (Å²) >= 11 is 0. The molecule has 0 radical (unpaired) electrons. The lowest BCUT2D eigenvalue weighted by Gasteiger charge is -2.18. The molecule has 0 aromatic rings. The van der Waals surface area contributed by atoms with E-state index in [0.29, 0.717) is 19.4 Å². The summed E-state index contributed by atoms with van der Waals surface area (Å²) in [5, 5.41) is 32.6. The van der Waals surface area contributed by atoms with Crippen molar-refractivity contribution in [2.24, 2.45) is 5.92 Å². The molecule has 98 valence electrons. The molecule has 1 fully saturated rings. The van der Waals surface area contributed by atoms with Crippen LogP contribution in [0.5, 0.6) is 0 Å². The molecule has 1 unspecified atom stereocenters. The first-order valence-corrected chi connectivity index (χ1v) is 6.12. The van der Waals surface area contributed by atoms with Gasteiger partial charge in [-0.3, -0.25) is 0 Å². The largest absolute Gasteiger partial charge is 0.512 e. The minimum Gasteiger partial charge on any atom is -0.512 e. The second-order valence-electron chi connectivity index (χ2n) is 4.16. The van der Waals surface area contributed by atoms with E-state index in [9.17, 15) is 0 Å². The van der Waals surface area contributed by atoms with Crippen LogP contribution in [0.3, 0.4) is 0 Å². The van der Waals surface area contributed by atoms with Gasteiger partial charge in [-0.05, 0) is 6.42 Å². The zero-order chi connectivity index (χ0) is 13.2. The fourth-order valence-corrected chi connectivity index (χ4v) is 1.85. The van der Waals surface area contributed by atoms with Crippen molar-refractivity contribution in [3.8, 4) is 12.1 Å². The SMILES string of the molecule is N#CCCC(C#N)CNCCN1CCN/C1=C/O. The Hall–Kier alpha value is -1.92. The van der Waals surface area contributed by atoms with E-state index in [1.165, 1.54) is 0 Å². The third kappa shape index (κ3) is 4.52. The minimum atomic E-state index is -0.103. The van der Waals surface area contributed by atoms with Crippen molar-refractivity contribution in [3.63, 3.8) is 0 Å². The maximum Gasteiger partial charge on any atom is 0.137 e. The number of nitriles is 2. The Balaban J connectivity index is 2.14. The lowest BCUT2D eigenvalue weighted by atomic mass is 10.1. The van der Waals surface area contributed by atoms with Gasteiger partial charge in [0.15, 0.2) is 0 Å². The van der Waals surface area contributed by atoms with Gasteiger partial charge in [-0.2, -0.15) is 10.5 Å². The summed E-state index contributed by atoms with van der Waals surface area (Å²) in [6.45, 7) is 3.87. The van der Waals surface area contributed by atoms with Gasteiger partial charge in [-0.15, -0.1) is 0 Å². The van der Waals surface area contributed by atoms with E-state index in [1.807, 2.05) is 4.90 Å². The molecule has 1 aliphatic heterocycles. The monoisotopic (exact) mass is 249 g/mol. The highest BCUT2D eigenvalue weighted by Crippen LogP contribution is 2.05. The number of aliphatic hydroxyl groups is 1. The van der Waals surface area contributed by atoms with Crippen LogP contribution in [0.2, 0.25) is 0 Å². The average molecular weight is 249 g/mol. The van der Waals surface area contributed by atoms with Crippen LogP contribution in [0.1, 0.15) is 12.8 Å². The predicted molar refractivity (Wildman–Crippen MR) is 67.1 cm³/mol. The molecular weight excluding hydrogens is 230 g/mol. The highest BCUT2D eigenvalue weighted by atomic mass is 16.2. The lowest BCUT2D eigenvalue weighted by molar-refractivity contribution is 0.357. The van der Waals surface area contributed by atoms with Gasteiger partial charge in [-0.1, -0.05) is 0 Å². The van der Waals surface area contributed by atoms with Gasteiger partial charge in [0.25, 0.3) is 0 Å². The highest BCUT2D eigenvalue weighted by molar-refractivity contribution is 5.00. The molecule has 1 heterocycles. The van der Waals surface area contributed by atoms with Crippen LogP contribution in [0.25, 0.3) is 0 Å². The summed E-state index contributed by atoms with van der Waals surface area (Å²) in [5.41, 5.74) is 0. The molecule has 0 aliphatic carbocycles. The van der Waals surface area contributed by atoms with Crippen molar-refractivity contribution >= 4 is 0 Å². The summed E-state index contributed by atoms with van der Waals surface area (Å²) in [6, 6.07) is 4.24. The van der Waals surface area contributed by atoms with E-state index >= 15 is 0 Å². The summed E-state index contributed by atoms with van der Waals surface area (Å²) in [4.78, 5) is 2.05. The first-order chi connectivity index (χ1) is 8.81. The van der Waals surface area contributed by atoms with Crippen molar-refractivity contribution < 1.29 is 5.11 Å². The average Bonchev–Trinajstić information content (AvgIpc) is 2.85. The van der Waals surface area contributed by atoms with Gasteiger partial charge in [0.1, 0.15) is 12.1 Å². The van der Waals surface area contributed by atoms with E-state index < -0.39 is 0 Å². The van der Waals surface area contributed by atoms with E-state index in [2.05, 4.69) is 22.8 Å². The first-order valence-electron chi connectivity index (χ1n) is 6.12. The fraction of sp³-hybridized carbons (Fsp3) is 0.667. The molecular formula is C12H19N5O. The molecule has 0 amide bonds. The number of nitrogens with zero attached hydrogens (tertiary/aromatic N) is 3. The van der Waals surface area contributed by atoms with Gasteiger partial charge in [0.05, 0.1) is 18.1 Å². The van der Waals surface area contributed by atoms with Crippen LogP contribution >= 0.6 is 0 Å². The number of hydrogen-bond acceptors (Lipinski definition) is 6. The van der Waals surface area contributed by atoms with Gasteiger partial charge < -0.3 is 20.6 Å². The maximum absolute atomic E-state index is 8.96. The molecule has 0 aromatic carbocycles. The molecule has 18 heavy (non-hydrogen) atoms. The lowest BCUT2D eigenvalue weighted by Crippen LogP contribution is -2.32. The Morgan fingerprint density at radius 1 is 1.56 bits per heavy atom. The molecule has 3 N–H and O–H groups in total. The van der Waals surface area contributed by atoms with Crippen molar-refractivity contribution in [2.75, 3.05) is 32.7 Å². The third-order valence-electron chi connectivity index (χ3n) is 2.89. The van der Waals surface area contributed by atoms with Crippen molar-refractivity contribution in [2.45, 2.75) is 12.8 Å². The van der Waals surface area contributed by atoms with Gasteiger partial charge in [-0.25, -0.2) is 0 Å². The van der Waals surface area contributed by atoms with Gasteiger partial charge in [0, 0.05) is 39.1 Å². The summed E-state index contributed by atoms with van der Waals surface area (Å²) < 4.78 is 0.